The van der Waals surface area contributed by atoms with Gasteiger partial charge in [0.05, 0.1) is 23.0 Å². The first-order chi connectivity index (χ1) is 9.81. The highest BCUT2D eigenvalue weighted by atomic mass is 16.6. The summed E-state index contributed by atoms with van der Waals surface area (Å²) in [4.78, 5) is 33.3. The van der Waals surface area contributed by atoms with Crippen molar-refractivity contribution >= 4 is 23.1 Å². The number of benzene rings is 1. The van der Waals surface area contributed by atoms with E-state index in [2.05, 4.69) is 9.71 Å². The second kappa shape index (κ2) is 6.06. The van der Waals surface area contributed by atoms with Gasteiger partial charge in [0.25, 0.3) is 11.4 Å². The van der Waals surface area contributed by atoms with Gasteiger partial charge < -0.3 is 9.84 Å². The van der Waals surface area contributed by atoms with Crippen LogP contribution in [-0.2, 0) is 9.53 Å². The Balaban J connectivity index is 3.59. The van der Waals surface area contributed by atoms with Gasteiger partial charge in [0.1, 0.15) is 0 Å². The molecule has 0 saturated heterocycles. The molecule has 11 heteroatoms. The highest BCUT2D eigenvalue weighted by Gasteiger charge is 2.32. The Morgan fingerprint density at radius 3 is 2.05 bits per heavy atom. The van der Waals surface area contributed by atoms with E-state index in [0.717, 1.165) is 19.2 Å². The molecule has 1 N–H and O–H groups in total. The Morgan fingerprint density at radius 1 is 1.24 bits per heavy atom. The monoisotopic (exact) mass is 295 g/mol. The number of hydrogen-bond donors (Lipinski definition) is 1. The number of rotatable bonds is 4. The maximum Gasteiger partial charge on any atom is 0.510 e. The number of carbonyl (C=O) groups is 1. The van der Waals surface area contributed by atoms with Crippen molar-refractivity contribution in [3.63, 3.8) is 0 Å². The molecule has 0 amide bonds. The van der Waals surface area contributed by atoms with Crippen LogP contribution in [0.25, 0.3) is 10.7 Å². The molecule has 11 nitrogen and oxygen atoms in total. The largest absolute Gasteiger partial charge is 0.510 e. The van der Waals surface area contributed by atoms with Gasteiger partial charge in [-0.3, -0.25) is 20.2 Å². The number of nitrogens with zero attached hydrogens (tertiary/aromatic N) is 4. The molecule has 21 heavy (non-hydrogen) atoms. The van der Waals surface area contributed by atoms with Crippen LogP contribution >= 0.6 is 0 Å². The van der Waals surface area contributed by atoms with Crippen molar-refractivity contribution in [3.8, 4) is 0 Å². The first-order valence-electron chi connectivity index (χ1n) is 5.12. The summed E-state index contributed by atoms with van der Waals surface area (Å²) in [5, 5.41) is 39.8. The molecule has 0 aliphatic rings. The van der Waals surface area contributed by atoms with Crippen molar-refractivity contribution in [2.24, 2.45) is 0 Å². The van der Waals surface area contributed by atoms with E-state index in [-0.39, 0.29) is 0 Å². The van der Waals surface area contributed by atoms with E-state index in [1.165, 1.54) is 0 Å². The zero-order valence-electron chi connectivity index (χ0n) is 10.4. The summed E-state index contributed by atoms with van der Waals surface area (Å²) in [5.41, 5.74) is -2.78. The number of nitro benzene ring substituents is 2. The summed E-state index contributed by atoms with van der Waals surface area (Å²) in [6.07, 6.45) is 0. The lowest BCUT2D eigenvalue weighted by molar-refractivity contribution is -0.394. The summed E-state index contributed by atoms with van der Waals surface area (Å²) >= 11 is 0. The molecule has 108 valence electrons. The SMILES string of the molecule is COC(=O)/C([N+]#N)=C(\O)c1cc([N+](=O)[O-])cc([N+](=O)[O-])c1. The lowest BCUT2D eigenvalue weighted by atomic mass is 10.1. The van der Waals surface area contributed by atoms with E-state index in [1.807, 2.05) is 0 Å². The Labute approximate surface area is 116 Å². The molecule has 0 aromatic heterocycles. The summed E-state index contributed by atoms with van der Waals surface area (Å²) in [7, 11) is 0.941. The fourth-order valence-corrected chi connectivity index (χ4v) is 1.36. The number of carbonyl (C=O) groups excluding carboxylic acids is 1. The van der Waals surface area contributed by atoms with Gasteiger partial charge in [0.2, 0.25) is 11.2 Å². The smallest absolute Gasteiger partial charge is 0.501 e. The number of methoxy groups -OCH3 is 1. The summed E-state index contributed by atoms with van der Waals surface area (Å²) < 4.78 is 4.22. The second-order valence-corrected chi connectivity index (χ2v) is 3.54. The molecule has 0 aliphatic heterocycles. The Kier molecular flexibility index (Phi) is 4.48. The van der Waals surface area contributed by atoms with Gasteiger partial charge in [0, 0.05) is 17.7 Å². The van der Waals surface area contributed by atoms with Crippen LogP contribution < -0.4 is 0 Å². The third-order valence-electron chi connectivity index (χ3n) is 2.30. The van der Waals surface area contributed by atoms with Crippen molar-refractivity contribution in [1.82, 2.24) is 0 Å². The third kappa shape index (κ3) is 3.26. The number of diazo groups is 1. The van der Waals surface area contributed by atoms with Crippen LogP contribution in [0.15, 0.2) is 23.9 Å². The van der Waals surface area contributed by atoms with Gasteiger partial charge in [-0.25, -0.2) is 4.79 Å². The molecule has 0 fully saturated rings. The number of aliphatic hydroxyl groups excluding tert-OH is 1. The fourth-order valence-electron chi connectivity index (χ4n) is 1.36. The number of non-ortho nitro benzene ring substituents is 2. The van der Waals surface area contributed by atoms with Crippen molar-refractivity contribution in [1.29, 1.82) is 5.39 Å². The average Bonchev–Trinajstić information content (AvgIpc) is 2.46. The molecule has 1 aromatic carbocycles. The van der Waals surface area contributed by atoms with Crippen LogP contribution in [0.3, 0.4) is 0 Å². The lowest BCUT2D eigenvalue weighted by Crippen LogP contribution is -2.05. The minimum Gasteiger partial charge on any atom is -0.501 e. The van der Waals surface area contributed by atoms with Crippen LogP contribution in [-0.4, -0.2) is 28.0 Å². The van der Waals surface area contributed by atoms with Gasteiger partial charge in [-0.2, -0.15) is 0 Å². The molecule has 0 saturated carbocycles. The number of nitro groups is 2. The van der Waals surface area contributed by atoms with Gasteiger partial charge in [-0.1, -0.05) is 0 Å². The van der Waals surface area contributed by atoms with Crippen LogP contribution in [0.4, 0.5) is 11.4 Å². The van der Waals surface area contributed by atoms with Crippen molar-refractivity contribution in [2.45, 2.75) is 0 Å². The van der Waals surface area contributed by atoms with Gasteiger partial charge >= 0.3 is 11.7 Å². The van der Waals surface area contributed by atoms with Gasteiger partial charge in [0.15, 0.2) is 4.98 Å². The first kappa shape index (κ1) is 15.5. The first-order valence-corrected chi connectivity index (χ1v) is 5.12. The van der Waals surface area contributed by atoms with E-state index < -0.39 is 44.2 Å². The van der Waals surface area contributed by atoms with E-state index in [0.29, 0.717) is 6.07 Å². The third-order valence-corrected chi connectivity index (χ3v) is 2.30. The van der Waals surface area contributed by atoms with Crippen molar-refractivity contribution in [2.75, 3.05) is 7.11 Å². The molecule has 0 atom stereocenters. The quantitative estimate of drug-likeness (QED) is 0.219. The predicted octanol–water partition coefficient (Wildman–Crippen LogP) is 1.76. The molecule has 0 aliphatic carbocycles. The number of ether oxygens (including phenoxy) is 1. The van der Waals surface area contributed by atoms with Crippen molar-refractivity contribution < 1.29 is 24.5 Å². The highest BCUT2D eigenvalue weighted by molar-refractivity contribution is 5.97. The van der Waals surface area contributed by atoms with Crippen LogP contribution in [0.1, 0.15) is 5.56 Å². The van der Waals surface area contributed by atoms with E-state index in [1.54, 1.807) is 0 Å². The Morgan fingerprint density at radius 2 is 1.71 bits per heavy atom. The van der Waals surface area contributed by atoms with Gasteiger partial charge in [-0.05, 0) is 0 Å². The molecule has 1 aromatic rings. The van der Waals surface area contributed by atoms with E-state index in [4.69, 9.17) is 5.39 Å². The molecule has 1 rings (SSSR count). The molecule has 0 heterocycles. The van der Waals surface area contributed by atoms with Gasteiger partial charge in [-0.15, -0.1) is 0 Å². The molecule has 0 spiro atoms. The van der Waals surface area contributed by atoms with E-state index >= 15 is 0 Å². The Bertz CT molecular complexity index is 672. The number of esters is 1. The molecular formula is C10H7N4O7+. The zero-order chi connectivity index (χ0) is 16.2. The maximum absolute atomic E-state index is 11.2. The lowest BCUT2D eigenvalue weighted by Gasteiger charge is -1.99. The summed E-state index contributed by atoms with van der Waals surface area (Å²) in [5.74, 6) is -2.24. The predicted molar refractivity (Wildman–Crippen MR) is 66.4 cm³/mol. The van der Waals surface area contributed by atoms with E-state index in [9.17, 15) is 30.1 Å². The van der Waals surface area contributed by atoms with Crippen LogP contribution in [0.5, 0.6) is 0 Å². The molecular weight excluding hydrogens is 288 g/mol. The highest BCUT2D eigenvalue weighted by Crippen LogP contribution is 2.28. The Hall–Kier alpha value is -3.55. The fraction of sp³-hybridized carbons (Fsp3) is 0.100. The topological polar surface area (TPSA) is 161 Å². The normalized spacial score (nSPS) is 11.0. The van der Waals surface area contributed by atoms with Crippen molar-refractivity contribution in [3.05, 3.63) is 54.7 Å². The standard InChI is InChI=1S/C10H6N4O7/c1-21-10(16)8(12-11)9(15)5-2-6(13(17)18)4-7(3-5)14(19)20/h2-4H,1H3/p+1. The molecule has 0 bridgehead atoms. The summed E-state index contributed by atoms with van der Waals surface area (Å²) in [6.45, 7) is 0. The minimum atomic E-state index is -1.23. The van der Waals surface area contributed by atoms with Crippen LogP contribution in [0, 0.1) is 25.6 Å². The zero-order valence-corrected chi connectivity index (χ0v) is 10.4. The second-order valence-electron chi connectivity index (χ2n) is 3.54. The summed E-state index contributed by atoms with van der Waals surface area (Å²) in [6, 6.07) is 2.22. The number of hydrogen-bond acceptors (Lipinski definition) is 8. The maximum atomic E-state index is 11.2. The van der Waals surface area contributed by atoms with Crippen LogP contribution in [0.2, 0.25) is 0 Å². The molecule has 0 radical (unpaired) electrons. The minimum absolute atomic E-state index is 0.450. The molecule has 0 unspecified atom stereocenters. The average molecular weight is 295 g/mol. The number of aliphatic hydroxyl groups is 1.